The maximum Gasteiger partial charge on any atom is 0.407 e. The Morgan fingerprint density at radius 1 is 1.32 bits per heavy atom. The SMILES string of the molecule is CC(C)(C)OC(=O)NCCC/C(=C\c1cn(C2CCC(O)CC2)cn1)C(=O)O. The number of imidazole rings is 1. The summed E-state index contributed by atoms with van der Waals surface area (Å²) in [5.74, 6) is -0.993. The van der Waals surface area contributed by atoms with Crippen molar-refractivity contribution in [3.63, 3.8) is 0 Å². The van der Waals surface area contributed by atoms with Gasteiger partial charge in [0.05, 0.1) is 18.1 Å². The van der Waals surface area contributed by atoms with Crippen LogP contribution in [0.4, 0.5) is 4.79 Å². The Labute approximate surface area is 165 Å². The number of carbonyl (C=O) groups is 2. The Kier molecular flexibility index (Phi) is 7.62. The molecule has 0 radical (unpaired) electrons. The van der Waals surface area contributed by atoms with E-state index in [-0.39, 0.29) is 11.7 Å². The minimum atomic E-state index is -0.993. The lowest BCUT2D eigenvalue weighted by molar-refractivity contribution is -0.132. The predicted octanol–water partition coefficient (Wildman–Crippen LogP) is 3.13. The lowest BCUT2D eigenvalue weighted by Gasteiger charge is -2.26. The summed E-state index contributed by atoms with van der Waals surface area (Å²) in [5, 5.41) is 21.7. The van der Waals surface area contributed by atoms with E-state index < -0.39 is 17.7 Å². The molecular weight excluding hydrogens is 362 g/mol. The molecule has 8 heteroatoms. The molecule has 28 heavy (non-hydrogen) atoms. The second-order valence-electron chi connectivity index (χ2n) is 8.22. The zero-order valence-electron chi connectivity index (χ0n) is 16.9. The van der Waals surface area contributed by atoms with Gasteiger partial charge in [-0.25, -0.2) is 14.6 Å². The highest BCUT2D eigenvalue weighted by molar-refractivity contribution is 5.91. The largest absolute Gasteiger partial charge is 0.478 e. The van der Waals surface area contributed by atoms with Crippen molar-refractivity contribution in [2.24, 2.45) is 0 Å². The monoisotopic (exact) mass is 393 g/mol. The van der Waals surface area contributed by atoms with Crippen molar-refractivity contribution in [1.29, 1.82) is 0 Å². The minimum absolute atomic E-state index is 0.216. The molecule has 2 rings (SSSR count). The van der Waals surface area contributed by atoms with Crippen molar-refractivity contribution < 1.29 is 24.5 Å². The van der Waals surface area contributed by atoms with Crippen molar-refractivity contribution in [3.05, 3.63) is 23.8 Å². The second kappa shape index (κ2) is 9.73. The van der Waals surface area contributed by atoms with Gasteiger partial charge in [-0.1, -0.05) is 0 Å². The van der Waals surface area contributed by atoms with Crippen LogP contribution in [-0.4, -0.2) is 50.1 Å². The van der Waals surface area contributed by atoms with E-state index in [1.807, 2.05) is 10.8 Å². The van der Waals surface area contributed by atoms with E-state index in [4.69, 9.17) is 4.74 Å². The number of amides is 1. The standard InChI is InChI=1S/C20H31N3O5/c1-20(2,3)28-19(27)21-10-4-5-14(18(25)26)11-15-12-23(13-22-15)16-6-8-17(24)9-7-16/h11-13,16-17,24H,4-10H2,1-3H3,(H,21,27)(H,25,26)/b14-11+. The third-order valence-corrected chi connectivity index (χ3v) is 4.60. The maximum absolute atomic E-state index is 11.6. The number of hydrogen-bond donors (Lipinski definition) is 3. The molecule has 0 spiro atoms. The lowest BCUT2D eigenvalue weighted by Crippen LogP contribution is -2.33. The summed E-state index contributed by atoms with van der Waals surface area (Å²) in [6.07, 6.45) is 8.55. The summed E-state index contributed by atoms with van der Waals surface area (Å²) >= 11 is 0. The Morgan fingerprint density at radius 2 is 2.00 bits per heavy atom. The highest BCUT2D eigenvalue weighted by Gasteiger charge is 2.21. The van der Waals surface area contributed by atoms with Crippen molar-refractivity contribution >= 4 is 18.1 Å². The molecule has 1 heterocycles. The lowest BCUT2D eigenvalue weighted by atomic mass is 9.93. The van der Waals surface area contributed by atoms with Crippen molar-refractivity contribution in [2.75, 3.05) is 6.54 Å². The Hall–Kier alpha value is -2.35. The van der Waals surface area contributed by atoms with Gasteiger partial charge in [-0.3, -0.25) is 0 Å². The van der Waals surface area contributed by atoms with Gasteiger partial charge in [0.25, 0.3) is 0 Å². The Bertz CT molecular complexity index is 697. The zero-order valence-corrected chi connectivity index (χ0v) is 16.9. The number of carboxylic acids is 1. The fraction of sp³-hybridized carbons (Fsp3) is 0.650. The van der Waals surface area contributed by atoms with Gasteiger partial charge in [0, 0.05) is 24.4 Å². The van der Waals surface area contributed by atoms with Gasteiger partial charge in [0.2, 0.25) is 0 Å². The normalized spacial score (nSPS) is 20.6. The Morgan fingerprint density at radius 3 is 2.61 bits per heavy atom. The van der Waals surface area contributed by atoms with Crippen molar-refractivity contribution in [3.8, 4) is 0 Å². The summed E-state index contributed by atoms with van der Waals surface area (Å²) in [4.78, 5) is 27.4. The van der Waals surface area contributed by atoms with Crippen LogP contribution in [0.15, 0.2) is 18.1 Å². The van der Waals surface area contributed by atoms with Crippen LogP contribution in [0.25, 0.3) is 6.08 Å². The molecule has 0 aliphatic heterocycles. The molecule has 156 valence electrons. The van der Waals surface area contributed by atoms with E-state index in [9.17, 15) is 19.8 Å². The summed E-state index contributed by atoms with van der Waals surface area (Å²) in [5.41, 5.74) is 0.282. The van der Waals surface area contributed by atoms with Crippen LogP contribution < -0.4 is 5.32 Å². The van der Waals surface area contributed by atoms with Crippen molar-refractivity contribution in [1.82, 2.24) is 14.9 Å². The summed E-state index contributed by atoms with van der Waals surface area (Å²) in [6, 6.07) is 0.296. The quantitative estimate of drug-likeness (QED) is 0.484. The number of alkyl carbamates (subject to hydrolysis) is 1. The third kappa shape index (κ3) is 7.34. The average Bonchev–Trinajstić information content (AvgIpc) is 3.05. The van der Waals surface area contributed by atoms with Gasteiger partial charge in [0.15, 0.2) is 0 Å². The zero-order chi connectivity index (χ0) is 20.7. The topological polar surface area (TPSA) is 114 Å². The summed E-state index contributed by atoms with van der Waals surface area (Å²) in [6.45, 7) is 5.68. The number of aliphatic hydroxyl groups excluding tert-OH is 1. The molecule has 0 bridgehead atoms. The number of rotatable bonds is 7. The molecule has 1 aliphatic carbocycles. The minimum Gasteiger partial charge on any atom is -0.478 e. The number of carboxylic acid groups (broad SMARTS) is 1. The van der Waals surface area contributed by atoms with Gasteiger partial charge in [-0.05, 0) is 65.4 Å². The molecule has 1 aromatic rings. The molecule has 0 saturated heterocycles. The van der Waals surface area contributed by atoms with E-state index in [0.29, 0.717) is 31.1 Å². The molecular formula is C20H31N3O5. The number of ether oxygens (including phenoxy) is 1. The van der Waals surface area contributed by atoms with Gasteiger partial charge in [0.1, 0.15) is 5.60 Å². The van der Waals surface area contributed by atoms with Crippen LogP contribution in [0.5, 0.6) is 0 Å². The van der Waals surface area contributed by atoms with Crippen LogP contribution in [0.1, 0.15) is 71.0 Å². The average molecular weight is 393 g/mol. The first-order valence-corrected chi connectivity index (χ1v) is 9.76. The van der Waals surface area contributed by atoms with Crippen LogP contribution >= 0.6 is 0 Å². The molecule has 0 atom stereocenters. The number of carbonyl (C=O) groups excluding carboxylic acids is 1. The molecule has 1 fully saturated rings. The fourth-order valence-corrected chi connectivity index (χ4v) is 3.19. The van der Waals surface area contributed by atoms with Crippen molar-refractivity contribution in [2.45, 2.75) is 77.0 Å². The van der Waals surface area contributed by atoms with Gasteiger partial charge in [-0.15, -0.1) is 0 Å². The van der Waals surface area contributed by atoms with E-state index >= 15 is 0 Å². The van der Waals surface area contributed by atoms with E-state index in [0.717, 1.165) is 25.7 Å². The smallest absolute Gasteiger partial charge is 0.407 e. The fourth-order valence-electron chi connectivity index (χ4n) is 3.19. The number of nitrogens with zero attached hydrogens (tertiary/aromatic N) is 2. The first kappa shape index (κ1) is 21.9. The summed E-state index contributed by atoms with van der Waals surface area (Å²) in [7, 11) is 0. The molecule has 1 aliphatic rings. The first-order valence-electron chi connectivity index (χ1n) is 9.76. The predicted molar refractivity (Wildman–Crippen MR) is 105 cm³/mol. The molecule has 8 nitrogen and oxygen atoms in total. The molecule has 0 aromatic carbocycles. The van der Waals surface area contributed by atoms with Crippen LogP contribution in [0.3, 0.4) is 0 Å². The van der Waals surface area contributed by atoms with E-state index in [1.54, 1.807) is 33.2 Å². The van der Waals surface area contributed by atoms with Gasteiger partial charge in [-0.2, -0.15) is 0 Å². The number of aromatic nitrogens is 2. The number of nitrogens with one attached hydrogen (secondary N) is 1. The number of aliphatic carboxylic acids is 1. The first-order chi connectivity index (χ1) is 13.1. The summed E-state index contributed by atoms with van der Waals surface area (Å²) < 4.78 is 7.15. The van der Waals surface area contributed by atoms with E-state index in [2.05, 4.69) is 10.3 Å². The van der Waals surface area contributed by atoms with Crippen LogP contribution in [-0.2, 0) is 9.53 Å². The van der Waals surface area contributed by atoms with Crippen LogP contribution in [0, 0.1) is 0 Å². The highest BCUT2D eigenvalue weighted by Crippen LogP contribution is 2.28. The van der Waals surface area contributed by atoms with E-state index in [1.165, 1.54) is 0 Å². The highest BCUT2D eigenvalue weighted by atomic mass is 16.6. The maximum atomic E-state index is 11.6. The molecule has 1 amide bonds. The van der Waals surface area contributed by atoms with Crippen LogP contribution in [0.2, 0.25) is 0 Å². The number of hydrogen-bond acceptors (Lipinski definition) is 5. The van der Waals surface area contributed by atoms with Gasteiger partial charge < -0.3 is 24.8 Å². The Balaban J connectivity index is 1.87. The second-order valence-corrected chi connectivity index (χ2v) is 8.22. The molecule has 1 saturated carbocycles. The molecule has 1 aromatic heterocycles. The molecule has 0 unspecified atom stereocenters. The van der Waals surface area contributed by atoms with Gasteiger partial charge >= 0.3 is 12.1 Å². The molecule has 3 N–H and O–H groups in total. The number of aliphatic hydroxyl groups is 1. The third-order valence-electron chi connectivity index (χ3n) is 4.60.